The zero-order valence-electron chi connectivity index (χ0n) is 11.6. The van der Waals surface area contributed by atoms with Crippen LogP contribution in [0, 0.1) is 5.92 Å². The summed E-state index contributed by atoms with van der Waals surface area (Å²) in [5, 5.41) is 6.07. The van der Waals surface area contributed by atoms with Gasteiger partial charge in [0.25, 0.3) is 5.91 Å². The van der Waals surface area contributed by atoms with Crippen LogP contribution in [0.5, 0.6) is 0 Å². The third kappa shape index (κ3) is 4.88. The molecule has 1 unspecified atom stereocenters. The van der Waals surface area contributed by atoms with Crippen molar-refractivity contribution in [3.63, 3.8) is 0 Å². The van der Waals surface area contributed by atoms with E-state index < -0.39 is 0 Å². The van der Waals surface area contributed by atoms with Gasteiger partial charge in [-0.05, 0) is 36.6 Å². The largest absolute Gasteiger partial charge is 0.355 e. The summed E-state index contributed by atoms with van der Waals surface area (Å²) in [6, 6.07) is 7.74. The summed E-state index contributed by atoms with van der Waals surface area (Å²) in [6.45, 7) is 6.40. The van der Waals surface area contributed by atoms with Gasteiger partial charge < -0.3 is 10.6 Å². The zero-order valence-corrected chi connectivity index (χ0v) is 11.6. The van der Waals surface area contributed by atoms with Crippen molar-refractivity contribution in [2.75, 3.05) is 13.6 Å². The molecule has 3 nitrogen and oxygen atoms in total. The lowest BCUT2D eigenvalue weighted by atomic mass is 10.1. The van der Waals surface area contributed by atoms with Crippen molar-refractivity contribution < 1.29 is 4.79 Å². The molecule has 1 aromatic carbocycles. The van der Waals surface area contributed by atoms with Crippen LogP contribution in [0.15, 0.2) is 24.3 Å². The Morgan fingerprint density at radius 3 is 2.50 bits per heavy atom. The average Bonchev–Trinajstić information content (AvgIpc) is 2.39. The Balaban J connectivity index is 2.37. The van der Waals surface area contributed by atoms with Crippen molar-refractivity contribution in [3.05, 3.63) is 35.4 Å². The number of carbonyl (C=O) groups excluding carboxylic acids is 1. The van der Waals surface area contributed by atoms with E-state index in [1.54, 1.807) is 7.05 Å². The topological polar surface area (TPSA) is 41.1 Å². The quantitative estimate of drug-likeness (QED) is 0.778. The van der Waals surface area contributed by atoms with Gasteiger partial charge in [0.05, 0.1) is 0 Å². The Labute approximate surface area is 110 Å². The predicted octanol–water partition coefficient (Wildman–Crippen LogP) is 2.57. The summed E-state index contributed by atoms with van der Waals surface area (Å²) in [7, 11) is 1.65. The molecule has 0 bridgehead atoms. The Bertz CT molecular complexity index is 359. The molecular formula is C15H24N2O. The first-order valence-corrected chi connectivity index (χ1v) is 6.69. The van der Waals surface area contributed by atoms with Crippen LogP contribution in [0.3, 0.4) is 0 Å². The van der Waals surface area contributed by atoms with Gasteiger partial charge in [0.1, 0.15) is 0 Å². The van der Waals surface area contributed by atoms with E-state index in [4.69, 9.17) is 0 Å². The average molecular weight is 248 g/mol. The van der Waals surface area contributed by atoms with Gasteiger partial charge in [0, 0.05) is 19.2 Å². The SMILES string of the molecule is CCCC(C)CNCc1ccc(C(=O)NC)cc1. The van der Waals surface area contributed by atoms with E-state index in [0.29, 0.717) is 5.56 Å². The summed E-state index contributed by atoms with van der Waals surface area (Å²) in [5.74, 6) is 0.686. The van der Waals surface area contributed by atoms with Crippen molar-refractivity contribution in [1.29, 1.82) is 0 Å². The van der Waals surface area contributed by atoms with E-state index >= 15 is 0 Å². The molecule has 3 heteroatoms. The molecule has 0 aliphatic carbocycles. The van der Waals surface area contributed by atoms with Crippen molar-refractivity contribution in [2.45, 2.75) is 33.2 Å². The van der Waals surface area contributed by atoms with Crippen LogP contribution in [0.25, 0.3) is 0 Å². The van der Waals surface area contributed by atoms with Crippen LogP contribution < -0.4 is 10.6 Å². The molecule has 18 heavy (non-hydrogen) atoms. The maximum atomic E-state index is 11.4. The van der Waals surface area contributed by atoms with E-state index in [9.17, 15) is 4.79 Å². The lowest BCUT2D eigenvalue weighted by Crippen LogP contribution is -2.21. The van der Waals surface area contributed by atoms with Crippen LogP contribution in [-0.2, 0) is 6.54 Å². The molecule has 0 saturated heterocycles. The summed E-state index contributed by atoms with van der Waals surface area (Å²) >= 11 is 0. The molecule has 0 fully saturated rings. The van der Waals surface area contributed by atoms with Gasteiger partial charge in [-0.15, -0.1) is 0 Å². The third-order valence-corrected chi connectivity index (χ3v) is 3.05. The van der Waals surface area contributed by atoms with Gasteiger partial charge >= 0.3 is 0 Å². The highest BCUT2D eigenvalue weighted by molar-refractivity contribution is 5.93. The number of hydrogen-bond acceptors (Lipinski definition) is 2. The second-order valence-electron chi connectivity index (χ2n) is 4.80. The molecule has 0 aromatic heterocycles. The number of nitrogens with one attached hydrogen (secondary N) is 2. The Hall–Kier alpha value is -1.35. The fourth-order valence-corrected chi connectivity index (χ4v) is 1.98. The molecule has 0 aliphatic rings. The Kier molecular flexibility index (Phi) is 6.44. The standard InChI is InChI=1S/C15H24N2O/c1-4-5-12(2)10-17-11-13-6-8-14(9-7-13)15(18)16-3/h6-9,12,17H,4-5,10-11H2,1-3H3,(H,16,18). The summed E-state index contributed by atoms with van der Waals surface area (Å²) in [5.41, 5.74) is 1.92. The van der Waals surface area contributed by atoms with Crippen molar-refractivity contribution in [3.8, 4) is 0 Å². The van der Waals surface area contributed by atoms with Gasteiger partial charge in [0.2, 0.25) is 0 Å². The van der Waals surface area contributed by atoms with E-state index in [1.807, 2.05) is 24.3 Å². The zero-order chi connectivity index (χ0) is 13.4. The normalized spacial score (nSPS) is 12.2. The van der Waals surface area contributed by atoms with Gasteiger partial charge in [-0.2, -0.15) is 0 Å². The number of benzene rings is 1. The number of carbonyl (C=O) groups is 1. The number of amides is 1. The van der Waals surface area contributed by atoms with Gasteiger partial charge in [-0.1, -0.05) is 32.4 Å². The minimum Gasteiger partial charge on any atom is -0.355 e. The highest BCUT2D eigenvalue weighted by atomic mass is 16.1. The maximum Gasteiger partial charge on any atom is 0.251 e. The molecule has 0 heterocycles. The lowest BCUT2D eigenvalue weighted by Gasteiger charge is -2.11. The molecule has 100 valence electrons. The molecule has 0 radical (unpaired) electrons. The van der Waals surface area contributed by atoms with Crippen LogP contribution in [0.4, 0.5) is 0 Å². The smallest absolute Gasteiger partial charge is 0.251 e. The summed E-state index contributed by atoms with van der Waals surface area (Å²) in [4.78, 5) is 11.4. The second kappa shape index (κ2) is 7.88. The maximum absolute atomic E-state index is 11.4. The molecule has 1 rings (SSSR count). The highest BCUT2D eigenvalue weighted by Crippen LogP contribution is 2.06. The van der Waals surface area contributed by atoms with Crippen molar-refractivity contribution in [1.82, 2.24) is 10.6 Å². The van der Waals surface area contributed by atoms with Crippen LogP contribution >= 0.6 is 0 Å². The van der Waals surface area contributed by atoms with E-state index in [0.717, 1.165) is 19.0 Å². The van der Waals surface area contributed by atoms with E-state index in [2.05, 4.69) is 24.5 Å². The Morgan fingerprint density at radius 2 is 1.94 bits per heavy atom. The summed E-state index contributed by atoms with van der Waals surface area (Å²) < 4.78 is 0. The molecule has 0 aliphatic heterocycles. The number of rotatable bonds is 7. The molecule has 0 saturated carbocycles. The molecule has 0 spiro atoms. The molecule has 1 aromatic rings. The molecular weight excluding hydrogens is 224 g/mol. The van der Waals surface area contributed by atoms with Gasteiger partial charge in [0.15, 0.2) is 0 Å². The van der Waals surface area contributed by atoms with Gasteiger partial charge in [-0.25, -0.2) is 0 Å². The van der Waals surface area contributed by atoms with Crippen molar-refractivity contribution in [2.24, 2.45) is 5.92 Å². The molecule has 2 N–H and O–H groups in total. The van der Waals surface area contributed by atoms with Crippen molar-refractivity contribution >= 4 is 5.91 Å². The van der Waals surface area contributed by atoms with Crippen LogP contribution in [0.1, 0.15) is 42.6 Å². The fraction of sp³-hybridized carbons (Fsp3) is 0.533. The van der Waals surface area contributed by atoms with E-state index in [1.165, 1.54) is 18.4 Å². The second-order valence-corrected chi connectivity index (χ2v) is 4.80. The van der Waals surface area contributed by atoms with Crippen LogP contribution in [0.2, 0.25) is 0 Å². The molecule has 1 atom stereocenters. The van der Waals surface area contributed by atoms with E-state index in [-0.39, 0.29) is 5.91 Å². The minimum atomic E-state index is -0.0360. The van der Waals surface area contributed by atoms with Crippen LogP contribution in [-0.4, -0.2) is 19.5 Å². The monoisotopic (exact) mass is 248 g/mol. The molecule has 1 amide bonds. The fourth-order valence-electron chi connectivity index (χ4n) is 1.98. The first kappa shape index (κ1) is 14.7. The minimum absolute atomic E-state index is 0.0360. The lowest BCUT2D eigenvalue weighted by molar-refractivity contribution is 0.0963. The highest BCUT2D eigenvalue weighted by Gasteiger charge is 2.03. The summed E-state index contributed by atoms with van der Waals surface area (Å²) in [6.07, 6.45) is 2.51. The first-order chi connectivity index (χ1) is 8.67. The Morgan fingerprint density at radius 1 is 1.28 bits per heavy atom. The number of hydrogen-bond donors (Lipinski definition) is 2. The van der Waals surface area contributed by atoms with Gasteiger partial charge in [-0.3, -0.25) is 4.79 Å². The predicted molar refractivity (Wildman–Crippen MR) is 75.6 cm³/mol. The first-order valence-electron chi connectivity index (χ1n) is 6.69. The third-order valence-electron chi connectivity index (χ3n) is 3.05.